The van der Waals surface area contributed by atoms with Crippen molar-refractivity contribution in [2.24, 2.45) is 5.11 Å². The van der Waals surface area contributed by atoms with E-state index in [4.69, 9.17) is 5.53 Å². The lowest BCUT2D eigenvalue weighted by atomic mass is 9.94. The normalized spacial score (nSPS) is 11.1. The van der Waals surface area contributed by atoms with Gasteiger partial charge in [-0.1, -0.05) is 31.1 Å². The van der Waals surface area contributed by atoms with E-state index >= 15 is 0 Å². The maximum absolute atomic E-state index is 8.52. The predicted octanol–water partition coefficient (Wildman–Crippen LogP) is 3.78. The van der Waals surface area contributed by atoms with Gasteiger partial charge in [0.2, 0.25) is 0 Å². The zero-order valence-electron chi connectivity index (χ0n) is 9.25. The lowest BCUT2D eigenvalue weighted by Crippen LogP contribution is -2.12. The van der Waals surface area contributed by atoms with Crippen LogP contribution in [0.3, 0.4) is 0 Å². The van der Waals surface area contributed by atoms with Gasteiger partial charge < -0.3 is 0 Å². The fraction of sp³-hybridized carbons (Fsp3) is 0.250. The molecule has 0 N–H and O–H groups in total. The Bertz CT molecular complexity index is 568. The molecule has 0 spiro atoms. The van der Waals surface area contributed by atoms with Gasteiger partial charge >= 0.3 is 0 Å². The third-order valence-electron chi connectivity index (χ3n) is 2.60. The Kier molecular flexibility index (Phi) is 2.50. The number of hydrogen-bond acceptors (Lipinski definition) is 2. The molecule has 0 atom stereocenters. The summed E-state index contributed by atoms with van der Waals surface area (Å²) >= 11 is 0. The minimum atomic E-state index is -0.529. The van der Waals surface area contributed by atoms with Gasteiger partial charge in [-0.2, -0.15) is 0 Å². The molecule has 0 aliphatic carbocycles. The van der Waals surface area contributed by atoms with Crippen LogP contribution >= 0.6 is 0 Å². The Morgan fingerprint density at radius 2 is 2.12 bits per heavy atom. The number of benzene rings is 1. The van der Waals surface area contributed by atoms with Crippen molar-refractivity contribution in [2.45, 2.75) is 19.4 Å². The van der Waals surface area contributed by atoms with Crippen molar-refractivity contribution in [3.8, 4) is 0 Å². The molecule has 4 heteroatoms. The number of hydrogen-bond donors (Lipinski definition) is 0. The Labute approximate surface area is 93.6 Å². The molecule has 1 aromatic carbocycles. The van der Waals surface area contributed by atoms with Crippen LogP contribution in [-0.4, -0.2) is 4.98 Å². The Balaban J connectivity index is 2.59. The first-order chi connectivity index (χ1) is 7.63. The molecule has 1 heterocycles. The van der Waals surface area contributed by atoms with Gasteiger partial charge in [-0.25, -0.2) is 0 Å². The third-order valence-corrected chi connectivity index (χ3v) is 2.60. The molecule has 0 bridgehead atoms. The second-order valence-electron chi connectivity index (χ2n) is 4.16. The lowest BCUT2D eigenvalue weighted by molar-refractivity contribution is 0.551. The van der Waals surface area contributed by atoms with Crippen molar-refractivity contribution in [1.82, 2.24) is 4.98 Å². The molecule has 2 rings (SSSR count). The smallest absolute Gasteiger partial charge is 0.0702 e. The highest BCUT2D eigenvalue weighted by Crippen LogP contribution is 2.27. The van der Waals surface area contributed by atoms with E-state index in [0.29, 0.717) is 0 Å². The van der Waals surface area contributed by atoms with Gasteiger partial charge in [-0.15, -0.1) is 0 Å². The molecular formula is C12H12N4. The zero-order valence-corrected chi connectivity index (χ0v) is 9.25. The highest BCUT2D eigenvalue weighted by Gasteiger charge is 2.18. The Morgan fingerprint density at radius 1 is 1.31 bits per heavy atom. The van der Waals surface area contributed by atoms with Crippen molar-refractivity contribution >= 4 is 10.9 Å². The monoisotopic (exact) mass is 212 g/mol. The second kappa shape index (κ2) is 3.83. The molecule has 16 heavy (non-hydrogen) atoms. The summed E-state index contributed by atoms with van der Waals surface area (Å²) in [5.74, 6) is 0. The summed E-state index contributed by atoms with van der Waals surface area (Å²) in [6.07, 6.45) is 1.76. The lowest BCUT2D eigenvalue weighted by Gasteiger charge is -2.18. The summed E-state index contributed by atoms with van der Waals surface area (Å²) < 4.78 is 0. The van der Waals surface area contributed by atoms with Crippen molar-refractivity contribution < 1.29 is 0 Å². The van der Waals surface area contributed by atoms with Crippen molar-refractivity contribution in [1.29, 1.82) is 0 Å². The average Bonchev–Trinajstić information content (AvgIpc) is 2.28. The first-order valence-corrected chi connectivity index (χ1v) is 5.05. The third kappa shape index (κ3) is 1.83. The van der Waals surface area contributed by atoms with E-state index in [2.05, 4.69) is 15.0 Å². The topological polar surface area (TPSA) is 61.7 Å². The largest absolute Gasteiger partial charge is 0.256 e. The van der Waals surface area contributed by atoms with E-state index in [-0.39, 0.29) is 0 Å². The number of aromatic nitrogens is 1. The van der Waals surface area contributed by atoms with Gasteiger partial charge in [0.1, 0.15) is 0 Å². The maximum Gasteiger partial charge on any atom is 0.0702 e. The Hall–Kier alpha value is -2.06. The van der Waals surface area contributed by atoms with E-state index in [9.17, 15) is 0 Å². The summed E-state index contributed by atoms with van der Waals surface area (Å²) in [5.41, 5.74) is 9.93. The van der Waals surface area contributed by atoms with E-state index < -0.39 is 5.54 Å². The summed E-state index contributed by atoms with van der Waals surface area (Å²) in [7, 11) is 0. The SMILES string of the molecule is CC(C)(N=[N+]=[N-])c1ccc2ncccc2c1. The van der Waals surface area contributed by atoms with Crippen molar-refractivity contribution in [3.05, 3.63) is 52.5 Å². The van der Waals surface area contributed by atoms with Crippen LogP contribution in [0.25, 0.3) is 21.3 Å². The molecule has 0 saturated carbocycles. The number of nitrogens with zero attached hydrogens (tertiary/aromatic N) is 4. The average molecular weight is 212 g/mol. The maximum atomic E-state index is 8.52. The number of fused-ring (bicyclic) bond motifs is 1. The summed E-state index contributed by atoms with van der Waals surface area (Å²) in [6.45, 7) is 3.79. The molecule has 0 radical (unpaired) electrons. The second-order valence-corrected chi connectivity index (χ2v) is 4.16. The molecule has 0 amide bonds. The van der Waals surface area contributed by atoms with Gasteiger partial charge in [0.05, 0.1) is 11.1 Å². The van der Waals surface area contributed by atoms with Gasteiger partial charge in [0.25, 0.3) is 0 Å². The molecule has 0 unspecified atom stereocenters. The van der Waals surface area contributed by atoms with Crippen LogP contribution in [0.4, 0.5) is 0 Å². The van der Waals surface area contributed by atoms with Crippen molar-refractivity contribution in [2.75, 3.05) is 0 Å². The minimum Gasteiger partial charge on any atom is -0.256 e. The fourth-order valence-electron chi connectivity index (χ4n) is 1.63. The highest BCUT2D eigenvalue weighted by molar-refractivity contribution is 5.79. The number of rotatable bonds is 2. The van der Waals surface area contributed by atoms with Crippen molar-refractivity contribution in [3.63, 3.8) is 0 Å². The summed E-state index contributed by atoms with van der Waals surface area (Å²) in [6, 6.07) is 9.80. The van der Waals surface area contributed by atoms with E-state index in [1.54, 1.807) is 6.20 Å². The summed E-state index contributed by atoms with van der Waals surface area (Å²) in [5, 5.41) is 4.85. The molecule has 0 fully saturated rings. The van der Waals surface area contributed by atoms with Crippen LogP contribution in [0, 0.1) is 0 Å². The van der Waals surface area contributed by atoms with Gasteiger partial charge in [-0.05, 0) is 29.3 Å². The summed E-state index contributed by atoms with van der Waals surface area (Å²) in [4.78, 5) is 7.12. The van der Waals surface area contributed by atoms with E-state index in [1.807, 2.05) is 44.2 Å². The number of azide groups is 1. The van der Waals surface area contributed by atoms with Crippen LogP contribution in [0.5, 0.6) is 0 Å². The first kappa shape index (κ1) is 10.5. The molecular weight excluding hydrogens is 200 g/mol. The fourth-order valence-corrected chi connectivity index (χ4v) is 1.63. The zero-order chi connectivity index (χ0) is 11.6. The standard InChI is InChI=1S/C12H12N4/c1-12(2,15-16-13)10-5-6-11-9(8-10)4-3-7-14-11/h3-8H,1-2H3. The molecule has 2 aromatic rings. The van der Waals surface area contributed by atoms with E-state index in [1.165, 1.54) is 0 Å². The van der Waals surface area contributed by atoms with Gasteiger partial charge in [0.15, 0.2) is 0 Å². The van der Waals surface area contributed by atoms with Crippen LogP contribution in [0.1, 0.15) is 19.4 Å². The van der Waals surface area contributed by atoms with E-state index in [0.717, 1.165) is 16.5 Å². The van der Waals surface area contributed by atoms with Gasteiger partial charge in [-0.3, -0.25) is 4.98 Å². The minimum absolute atomic E-state index is 0.529. The first-order valence-electron chi connectivity index (χ1n) is 5.05. The molecule has 0 aliphatic rings. The van der Waals surface area contributed by atoms with Crippen LogP contribution in [-0.2, 0) is 5.54 Å². The highest BCUT2D eigenvalue weighted by atomic mass is 15.2. The molecule has 4 nitrogen and oxygen atoms in total. The van der Waals surface area contributed by atoms with Crippen LogP contribution in [0.15, 0.2) is 41.6 Å². The number of pyridine rings is 1. The molecule has 80 valence electrons. The quantitative estimate of drug-likeness (QED) is 0.424. The van der Waals surface area contributed by atoms with Crippen LogP contribution in [0.2, 0.25) is 0 Å². The Morgan fingerprint density at radius 3 is 2.88 bits per heavy atom. The molecule has 0 aliphatic heterocycles. The molecule has 0 saturated heterocycles. The van der Waals surface area contributed by atoms with Crippen LogP contribution < -0.4 is 0 Å². The predicted molar refractivity (Wildman–Crippen MR) is 63.9 cm³/mol. The van der Waals surface area contributed by atoms with Gasteiger partial charge in [0, 0.05) is 16.5 Å². The molecule has 1 aromatic heterocycles.